The molecule has 1 unspecified atom stereocenters. The Morgan fingerprint density at radius 3 is 2.48 bits per heavy atom. The Morgan fingerprint density at radius 2 is 1.81 bits per heavy atom. The van der Waals surface area contributed by atoms with Crippen LogP contribution in [0.15, 0.2) is 140 Å². The van der Waals surface area contributed by atoms with Crippen LogP contribution in [0, 0.1) is 6.92 Å². The molecule has 0 spiro atoms. The molecule has 0 aliphatic carbocycles. The van der Waals surface area contributed by atoms with Crippen LogP contribution in [0.2, 0.25) is 0 Å². The van der Waals surface area contributed by atoms with E-state index in [9.17, 15) is 0 Å². The van der Waals surface area contributed by atoms with E-state index in [2.05, 4.69) is 92.3 Å². The number of hydrogen-bond donors (Lipinski definition) is 1. The minimum atomic E-state index is 0.0136. The van der Waals surface area contributed by atoms with Crippen LogP contribution in [0.5, 0.6) is 0 Å². The quantitative estimate of drug-likeness (QED) is 0.314. The third kappa shape index (κ3) is 7.85. The fraction of sp³-hybridized carbons (Fsp3) is 0.100. The molecule has 0 saturated heterocycles. The zero-order chi connectivity index (χ0) is 22.5. The van der Waals surface area contributed by atoms with Crippen LogP contribution in [0.4, 0.5) is 0 Å². The van der Waals surface area contributed by atoms with Crippen LogP contribution in [-0.4, -0.2) is 0 Å². The summed E-state index contributed by atoms with van der Waals surface area (Å²) in [5.41, 5.74) is 9.69. The second kappa shape index (κ2) is 12.7. The summed E-state index contributed by atoms with van der Waals surface area (Å²) >= 11 is 0. The Labute approximate surface area is 187 Å². The fourth-order valence-electron chi connectivity index (χ4n) is 2.98. The van der Waals surface area contributed by atoms with Crippen LogP contribution >= 0.6 is 0 Å². The molecule has 31 heavy (non-hydrogen) atoms. The Balaban J connectivity index is 2.22. The highest BCUT2D eigenvalue weighted by molar-refractivity contribution is 5.74. The number of benzene rings is 2. The molecule has 0 bridgehead atoms. The van der Waals surface area contributed by atoms with Crippen LogP contribution in [0.3, 0.4) is 0 Å². The van der Waals surface area contributed by atoms with E-state index in [1.165, 1.54) is 11.1 Å². The van der Waals surface area contributed by atoms with Crippen molar-refractivity contribution < 1.29 is 0 Å². The normalized spacial score (nSPS) is 12.3. The molecule has 1 nitrogen and oxygen atoms in total. The molecule has 0 aromatic heterocycles. The summed E-state index contributed by atoms with van der Waals surface area (Å²) in [6, 6.07) is 18.9. The summed E-state index contributed by atoms with van der Waals surface area (Å²) in [6.07, 6.45) is 15.5. The minimum Gasteiger partial charge on any atom is -0.381 e. The van der Waals surface area contributed by atoms with E-state index < -0.39 is 0 Å². The van der Waals surface area contributed by atoms with Crippen molar-refractivity contribution in [1.82, 2.24) is 5.32 Å². The maximum absolute atomic E-state index is 4.06. The van der Waals surface area contributed by atoms with E-state index in [0.717, 1.165) is 22.3 Å². The van der Waals surface area contributed by atoms with Crippen molar-refractivity contribution in [2.75, 3.05) is 0 Å². The first-order valence-electron chi connectivity index (χ1n) is 10.3. The largest absolute Gasteiger partial charge is 0.381 e. The second-order valence-corrected chi connectivity index (χ2v) is 7.17. The van der Waals surface area contributed by atoms with Gasteiger partial charge in [0.05, 0.1) is 6.04 Å². The predicted molar refractivity (Wildman–Crippen MR) is 137 cm³/mol. The summed E-state index contributed by atoms with van der Waals surface area (Å²) in [5, 5.41) is 3.49. The van der Waals surface area contributed by atoms with E-state index in [4.69, 9.17) is 0 Å². The molecular formula is C30H31N. The van der Waals surface area contributed by atoms with Gasteiger partial charge in [-0.1, -0.05) is 110 Å². The molecule has 0 aliphatic heterocycles. The molecular weight excluding hydrogens is 374 g/mol. The van der Waals surface area contributed by atoms with Crippen molar-refractivity contribution in [1.29, 1.82) is 0 Å². The molecule has 0 radical (unpaired) electrons. The topological polar surface area (TPSA) is 12.0 Å². The molecule has 2 rings (SSSR count). The molecule has 156 valence electrons. The van der Waals surface area contributed by atoms with E-state index in [1.54, 1.807) is 12.2 Å². The van der Waals surface area contributed by atoms with Gasteiger partial charge in [0.25, 0.3) is 0 Å². The summed E-state index contributed by atoms with van der Waals surface area (Å²) in [4.78, 5) is 0. The average molecular weight is 406 g/mol. The smallest absolute Gasteiger partial charge is 0.0701 e. The number of aryl methyl sites for hydroxylation is 1. The fourth-order valence-corrected chi connectivity index (χ4v) is 2.98. The van der Waals surface area contributed by atoms with Crippen molar-refractivity contribution in [3.8, 4) is 0 Å². The summed E-state index contributed by atoms with van der Waals surface area (Å²) in [5.74, 6) is 0. The number of allylic oxidation sites excluding steroid dienone is 8. The van der Waals surface area contributed by atoms with Crippen LogP contribution in [0.1, 0.15) is 29.7 Å². The Morgan fingerprint density at radius 1 is 1.03 bits per heavy atom. The average Bonchev–Trinajstić information content (AvgIpc) is 2.79. The Hall–Kier alpha value is -3.80. The number of nitrogens with one attached hydrogen (secondary N) is 1. The number of hydrogen-bond acceptors (Lipinski definition) is 1. The minimum absolute atomic E-state index is 0.0136. The maximum atomic E-state index is 4.06. The van der Waals surface area contributed by atoms with Gasteiger partial charge in [-0.15, -0.1) is 5.73 Å². The van der Waals surface area contributed by atoms with Crippen LogP contribution < -0.4 is 5.32 Å². The van der Waals surface area contributed by atoms with Crippen LogP contribution in [0.25, 0.3) is 5.57 Å². The maximum Gasteiger partial charge on any atom is 0.0701 e. The van der Waals surface area contributed by atoms with Gasteiger partial charge in [0.2, 0.25) is 0 Å². The van der Waals surface area contributed by atoms with Crippen molar-refractivity contribution in [3.63, 3.8) is 0 Å². The SMILES string of the molecule is C=CC=C=C(C)C(=C)/C=C\C=C/NC(/C=C(\C=C)c1cccc(C)c1)c1ccccc1. The lowest BCUT2D eigenvalue weighted by molar-refractivity contribution is 0.757. The third-order valence-electron chi connectivity index (χ3n) is 4.76. The van der Waals surface area contributed by atoms with Gasteiger partial charge in [0, 0.05) is 0 Å². The molecule has 1 N–H and O–H groups in total. The molecule has 0 aliphatic rings. The van der Waals surface area contributed by atoms with Gasteiger partial charge in [0.15, 0.2) is 0 Å². The van der Waals surface area contributed by atoms with Crippen molar-refractivity contribution in [2.24, 2.45) is 0 Å². The highest BCUT2D eigenvalue weighted by atomic mass is 14.9. The standard InChI is InChI=1S/C30H31N/c1-6-8-16-25(4)26(5)17-12-13-21-31-30(28-18-10-9-11-19-28)23-27(7-2)29-20-14-15-24(3)22-29/h6-15,17-23,30-31H,1-2,5H2,3-4H3/b17-12-,21-13-,27-23+. The number of rotatable bonds is 10. The van der Waals surface area contributed by atoms with Gasteiger partial charge in [-0.05, 0) is 60.0 Å². The highest BCUT2D eigenvalue weighted by Gasteiger charge is 2.08. The summed E-state index contributed by atoms with van der Waals surface area (Å²) < 4.78 is 0. The van der Waals surface area contributed by atoms with Crippen molar-refractivity contribution in [3.05, 3.63) is 157 Å². The van der Waals surface area contributed by atoms with Gasteiger partial charge in [-0.2, -0.15) is 0 Å². The van der Waals surface area contributed by atoms with E-state index in [-0.39, 0.29) is 6.04 Å². The summed E-state index contributed by atoms with van der Waals surface area (Å²) in [7, 11) is 0. The molecule has 0 saturated carbocycles. The summed E-state index contributed by atoms with van der Waals surface area (Å²) in [6.45, 7) is 15.8. The molecule has 1 atom stereocenters. The third-order valence-corrected chi connectivity index (χ3v) is 4.76. The van der Waals surface area contributed by atoms with Crippen molar-refractivity contribution >= 4 is 5.57 Å². The first-order chi connectivity index (χ1) is 15.0. The molecule has 0 heterocycles. The first kappa shape index (κ1) is 23.5. The molecule has 1 heteroatoms. The van der Waals surface area contributed by atoms with Crippen LogP contribution in [-0.2, 0) is 0 Å². The molecule has 0 amide bonds. The first-order valence-corrected chi connectivity index (χ1v) is 10.3. The van der Waals surface area contributed by atoms with Gasteiger partial charge < -0.3 is 5.32 Å². The second-order valence-electron chi connectivity index (χ2n) is 7.17. The zero-order valence-electron chi connectivity index (χ0n) is 18.5. The van der Waals surface area contributed by atoms with Crippen molar-refractivity contribution in [2.45, 2.75) is 19.9 Å². The lowest BCUT2D eigenvalue weighted by Gasteiger charge is -2.16. The lowest BCUT2D eigenvalue weighted by Crippen LogP contribution is -2.13. The Kier molecular flexibility index (Phi) is 9.62. The Bertz CT molecular complexity index is 1050. The molecule has 2 aromatic rings. The van der Waals surface area contributed by atoms with E-state index in [1.807, 2.05) is 43.5 Å². The van der Waals surface area contributed by atoms with Gasteiger partial charge in [0.1, 0.15) is 0 Å². The van der Waals surface area contributed by atoms with Gasteiger partial charge in [-0.25, -0.2) is 0 Å². The van der Waals surface area contributed by atoms with E-state index >= 15 is 0 Å². The van der Waals surface area contributed by atoms with Gasteiger partial charge >= 0.3 is 0 Å². The predicted octanol–water partition coefficient (Wildman–Crippen LogP) is 7.81. The molecule has 2 aromatic carbocycles. The highest BCUT2D eigenvalue weighted by Crippen LogP contribution is 2.23. The zero-order valence-corrected chi connectivity index (χ0v) is 18.5. The lowest BCUT2D eigenvalue weighted by atomic mass is 9.98. The monoisotopic (exact) mass is 405 g/mol. The molecule has 0 fully saturated rings. The van der Waals surface area contributed by atoms with E-state index in [0.29, 0.717) is 0 Å². The van der Waals surface area contributed by atoms with Gasteiger partial charge in [-0.3, -0.25) is 0 Å².